The Kier molecular flexibility index (Phi) is 6.37. The lowest BCUT2D eigenvalue weighted by Gasteiger charge is -2.07. The average Bonchev–Trinajstić information content (AvgIpc) is 2.61. The molecule has 26 heavy (non-hydrogen) atoms. The third kappa shape index (κ3) is 5.66. The van der Waals surface area contributed by atoms with Crippen LogP contribution < -0.4 is 15.5 Å². The van der Waals surface area contributed by atoms with Gasteiger partial charge in [0.05, 0.1) is 5.71 Å². The van der Waals surface area contributed by atoms with Gasteiger partial charge in [0.15, 0.2) is 0 Å². The number of amides is 2. The number of aryl methyl sites for hydroxylation is 1. The Labute approximate surface area is 148 Å². The van der Waals surface area contributed by atoms with Crippen molar-refractivity contribution in [2.24, 2.45) is 5.10 Å². The van der Waals surface area contributed by atoms with E-state index in [0.29, 0.717) is 17.0 Å². The van der Waals surface area contributed by atoms with Gasteiger partial charge in [-0.2, -0.15) is 13.9 Å². The second-order valence-corrected chi connectivity index (χ2v) is 5.36. The highest BCUT2D eigenvalue weighted by Gasteiger charge is 2.13. The Morgan fingerprint density at radius 2 is 1.77 bits per heavy atom. The summed E-state index contributed by atoms with van der Waals surface area (Å²) in [6.45, 7) is 0.518. The minimum atomic E-state index is -2.94. The summed E-state index contributed by atoms with van der Waals surface area (Å²) in [6.07, 6.45) is 0. The number of rotatable bonds is 5. The third-order valence-electron chi connectivity index (χ3n) is 3.32. The van der Waals surface area contributed by atoms with Gasteiger partial charge >= 0.3 is 18.4 Å². The van der Waals surface area contributed by atoms with Gasteiger partial charge in [-0.05, 0) is 38.1 Å². The van der Waals surface area contributed by atoms with E-state index < -0.39 is 18.4 Å². The second kappa shape index (κ2) is 8.70. The summed E-state index contributed by atoms with van der Waals surface area (Å²) >= 11 is 0. The number of benzene rings is 2. The van der Waals surface area contributed by atoms with Crippen LogP contribution in [0.5, 0.6) is 5.75 Å². The topological polar surface area (TPSA) is 79.8 Å². The molecular formula is C18H17F2N3O3. The van der Waals surface area contributed by atoms with Crippen LogP contribution >= 0.6 is 0 Å². The smallest absolute Gasteiger partial charge is 0.387 e. The first kappa shape index (κ1) is 19.0. The number of halogens is 2. The van der Waals surface area contributed by atoms with Crippen LogP contribution in [0.3, 0.4) is 0 Å². The van der Waals surface area contributed by atoms with Gasteiger partial charge in [0.1, 0.15) is 5.75 Å². The second-order valence-electron chi connectivity index (χ2n) is 5.36. The van der Waals surface area contributed by atoms with Crippen LogP contribution in [-0.4, -0.2) is 24.1 Å². The van der Waals surface area contributed by atoms with Crippen molar-refractivity contribution in [3.8, 4) is 5.75 Å². The summed E-state index contributed by atoms with van der Waals surface area (Å²) in [5.41, 5.74) is 4.40. The van der Waals surface area contributed by atoms with Crippen molar-refractivity contribution in [3.63, 3.8) is 0 Å². The molecule has 0 unspecified atom stereocenters. The van der Waals surface area contributed by atoms with Gasteiger partial charge in [-0.25, -0.2) is 5.43 Å². The van der Waals surface area contributed by atoms with E-state index in [2.05, 4.69) is 20.6 Å². The van der Waals surface area contributed by atoms with Crippen LogP contribution in [0, 0.1) is 6.92 Å². The summed E-state index contributed by atoms with van der Waals surface area (Å²) < 4.78 is 28.8. The molecule has 0 aliphatic rings. The molecule has 0 aliphatic heterocycles. The molecule has 0 radical (unpaired) electrons. The van der Waals surface area contributed by atoms with Crippen LogP contribution in [-0.2, 0) is 9.59 Å². The lowest BCUT2D eigenvalue weighted by Crippen LogP contribution is -2.32. The van der Waals surface area contributed by atoms with Crippen molar-refractivity contribution in [1.29, 1.82) is 0 Å². The van der Waals surface area contributed by atoms with Crippen molar-refractivity contribution in [1.82, 2.24) is 5.43 Å². The monoisotopic (exact) mass is 361 g/mol. The van der Waals surface area contributed by atoms with E-state index >= 15 is 0 Å². The van der Waals surface area contributed by atoms with Crippen LogP contribution in [0.2, 0.25) is 0 Å². The number of nitrogens with one attached hydrogen (secondary N) is 2. The van der Waals surface area contributed by atoms with Crippen LogP contribution in [0.15, 0.2) is 53.6 Å². The number of hydrazone groups is 1. The molecule has 0 bridgehead atoms. The van der Waals surface area contributed by atoms with Gasteiger partial charge in [0, 0.05) is 11.3 Å². The number of ether oxygens (including phenoxy) is 1. The quantitative estimate of drug-likeness (QED) is 0.488. The van der Waals surface area contributed by atoms with Gasteiger partial charge in [0.2, 0.25) is 0 Å². The van der Waals surface area contributed by atoms with Gasteiger partial charge in [-0.3, -0.25) is 9.59 Å². The molecule has 0 spiro atoms. The summed E-state index contributed by atoms with van der Waals surface area (Å²) in [4.78, 5) is 23.6. The molecule has 0 fully saturated rings. The molecule has 2 amide bonds. The van der Waals surface area contributed by atoms with Crippen molar-refractivity contribution >= 4 is 23.2 Å². The molecule has 0 heterocycles. The predicted molar refractivity (Wildman–Crippen MR) is 93.2 cm³/mol. The standard InChI is InChI=1S/C18H17F2N3O3/c1-11-6-8-14(9-7-11)21-16(24)17(25)23-22-12(2)13-4-3-5-15(10-13)26-18(19)20/h3-10,18H,1-2H3,(H,21,24)(H,23,25)/b22-12-. The molecule has 136 valence electrons. The molecule has 0 saturated carbocycles. The summed E-state index contributed by atoms with van der Waals surface area (Å²) in [5.74, 6) is -1.86. The fourth-order valence-corrected chi connectivity index (χ4v) is 1.97. The molecule has 6 nitrogen and oxygen atoms in total. The largest absolute Gasteiger partial charge is 0.435 e. The number of carbonyl (C=O) groups is 2. The van der Waals surface area contributed by atoms with Crippen molar-refractivity contribution < 1.29 is 23.1 Å². The molecular weight excluding hydrogens is 344 g/mol. The number of alkyl halides is 2. The third-order valence-corrected chi connectivity index (χ3v) is 3.32. The average molecular weight is 361 g/mol. The number of hydrogen-bond donors (Lipinski definition) is 2. The highest BCUT2D eigenvalue weighted by molar-refractivity contribution is 6.39. The zero-order valence-corrected chi connectivity index (χ0v) is 14.1. The Morgan fingerprint density at radius 3 is 2.42 bits per heavy atom. The molecule has 8 heteroatoms. The first-order valence-electron chi connectivity index (χ1n) is 7.62. The van der Waals surface area contributed by atoms with Crippen molar-refractivity contribution in [2.75, 3.05) is 5.32 Å². The molecule has 2 aromatic rings. The highest BCUT2D eigenvalue weighted by atomic mass is 19.3. The van der Waals surface area contributed by atoms with E-state index in [4.69, 9.17) is 0 Å². The summed E-state index contributed by atoms with van der Waals surface area (Å²) in [6, 6.07) is 12.8. The predicted octanol–water partition coefficient (Wildman–Crippen LogP) is 3.08. The first-order valence-corrected chi connectivity index (χ1v) is 7.62. The van der Waals surface area contributed by atoms with Gasteiger partial charge in [0.25, 0.3) is 0 Å². The van der Waals surface area contributed by atoms with Crippen LogP contribution in [0.25, 0.3) is 0 Å². The molecule has 0 aliphatic carbocycles. The van der Waals surface area contributed by atoms with Crippen LogP contribution in [0.4, 0.5) is 14.5 Å². The molecule has 0 aromatic heterocycles. The number of carbonyl (C=O) groups excluding carboxylic acids is 2. The summed E-state index contributed by atoms with van der Waals surface area (Å²) in [5, 5.41) is 6.24. The Morgan fingerprint density at radius 1 is 1.08 bits per heavy atom. The molecule has 0 saturated heterocycles. The SMILES string of the molecule is C/C(=N/NC(=O)C(=O)Nc1ccc(C)cc1)c1cccc(OC(F)F)c1. The zero-order valence-electron chi connectivity index (χ0n) is 14.1. The van der Waals surface area contributed by atoms with Gasteiger partial charge < -0.3 is 10.1 Å². The van der Waals surface area contributed by atoms with E-state index in [-0.39, 0.29) is 5.75 Å². The van der Waals surface area contributed by atoms with E-state index in [1.54, 1.807) is 37.3 Å². The Hall–Kier alpha value is -3.29. The van der Waals surface area contributed by atoms with Gasteiger partial charge in [-0.15, -0.1) is 0 Å². The maximum atomic E-state index is 12.2. The first-order chi connectivity index (χ1) is 12.3. The fraction of sp³-hybridized carbons (Fsp3) is 0.167. The maximum Gasteiger partial charge on any atom is 0.387 e. The van der Waals surface area contributed by atoms with Crippen molar-refractivity contribution in [3.05, 3.63) is 59.7 Å². The molecule has 0 atom stereocenters. The minimum Gasteiger partial charge on any atom is -0.435 e. The normalized spacial score (nSPS) is 11.2. The fourth-order valence-electron chi connectivity index (χ4n) is 1.97. The number of hydrogen-bond acceptors (Lipinski definition) is 4. The lowest BCUT2D eigenvalue weighted by atomic mass is 10.1. The maximum absolute atomic E-state index is 12.2. The van der Waals surface area contributed by atoms with Crippen LogP contribution in [0.1, 0.15) is 18.1 Å². The highest BCUT2D eigenvalue weighted by Crippen LogP contribution is 2.16. The van der Waals surface area contributed by atoms with E-state index in [1.807, 2.05) is 6.92 Å². The Bertz CT molecular complexity index is 821. The van der Waals surface area contributed by atoms with E-state index in [1.165, 1.54) is 18.2 Å². The van der Waals surface area contributed by atoms with E-state index in [9.17, 15) is 18.4 Å². The minimum absolute atomic E-state index is 0.0320. The summed E-state index contributed by atoms with van der Waals surface area (Å²) in [7, 11) is 0. The molecule has 2 N–H and O–H groups in total. The van der Waals surface area contributed by atoms with Gasteiger partial charge in [-0.1, -0.05) is 29.8 Å². The molecule has 2 aromatic carbocycles. The number of nitrogens with zero attached hydrogens (tertiary/aromatic N) is 1. The lowest BCUT2D eigenvalue weighted by molar-refractivity contribution is -0.136. The molecule has 2 rings (SSSR count). The van der Waals surface area contributed by atoms with E-state index in [0.717, 1.165) is 5.56 Å². The number of anilines is 1. The zero-order chi connectivity index (χ0) is 19.1. The van der Waals surface area contributed by atoms with Crippen molar-refractivity contribution in [2.45, 2.75) is 20.5 Å². The Balaban J connectivity index is 1.98.